The Morgan fingerprint density at radius 3 is 2.56 bits per heavy atom. The van der Waals surface area contributed by atoms with E-state index in [1.54, 1.807) is 4.90 Å². The average molecular weight is 256 g/mol. The first-order valence-electron chi connectivity index (χ1n) is 6.49. The Kier molecular flexibility index (Phi) is 5.14. The number of rotatable bonds is 3. The van der Waals surface area contributed by atoms with Gasteiger partial charge in [-0.15, -0.1) is 0 Å². The number of hydrogen-bond donors (Lipinski definition) is 0. The van der Waals surface area contributed by atoms with Crippen LogP contribution in [0.2, 0.25) is 0 Å². The average Bonchev–Trinajstić information content (AvgIpc) is 2.25. The highest BCUT2D eigenvalue weighted by Crippen LogP contribution is 2.14. The van der Waals surface area contributed by atoms with Crippen LogP contribution in [-0.4, -0.2) is 60.0 Å². The van der Waals surface area contributed by atoms with Crippen LogP contribution in [-0.2, 0) is 9.53 Å². The summed E-state index contributed by atoms with van der Waals surface area (Å²) in [6.07, 6.45) is 1.24. The van der Waals surface area contributed by atoms with Crippen molar-refractivity contribution in [1.82, 2.24) is 9.80 Å². The second-order valence-electron chi connectivity index (χ2n) is 5.77. The SMILES string of the molecule is CC1CN(C(=O)OC(C)(C)C)CCN1CCC=O. The fraction of sp³-hybridized carbons (Fsp3) is 0.846. The van der Waals surface area contributed by atoms with E-state index in [-0.39, 0.29) is 12.1 Å². The Morgan fingerprint density at radius 1 is 1.39 bits per heavy atom. The predicted molar refractivity (Wildman–Crippen MR) is 69.5 cm³/mol. The van der Waals surface area contributed by atoms with Gasteiger partial charge in [-0.05, 0) is 27.7 Å². The van der Waals surface area contributed by atoms with Crippen LogP contribution in [0.25, 0.3) is 0 Å². The highest BCUT2D eigenvalue weighted by Gasteiger charge is 2.29. The summed E-state index contributed by atoms with van der Waals surface area (Å²) >= 11 is 0. The third-order valence-corrected chi connectivity index (χ3v) is 2.95. The second kappa shape index (κ2) is 6.18. The van der Waals surface area contributed by atoms with E-state index in [1.165, 1.54) is 0 Å². The molecule has 1 heterocycles. The number of amides is 1. The van der Waals surface area contributed by atoms with Crippen molar-refractivity contribution in [2.45, 2.75) is 45.8 Å². The molecule has 0 aromatic heterocycles. The zero-order chi connectivity index (χ0) is 13.8. The topological polar surface area (TPSA) is 49.9 Å². The van der Waals surface area contributed by atoms with Gasteiger partial charge in [0.15, 0.2) is 0 Å². The third-order valence-electron chi connectivity index (χ3n) is 2.95. The minimum absolute atomic E-state index is 0.246. The molecule has 0 aromatic rings. The molecule has 0 bridgehead atoms. The number of carbonyl (C=O) groups is 2. The molecule has 1 aliphatic rings. The van der Waals surface area contributed by atoms with Crippen molar-refractivity contribution in [2.24, 2.45) is 0 Å². The summed E-state index contributed by atoms with van der Waals surface area (Å²) in [5.74, 6) is 0. The van der Waals surface area contributed by atoms with Crippen molar-refractivity contribution in [1.29, 1.82) is 0 Å². The number of ether oxygens (including phenoxy) is 1. The molecule has 18 heavy (non-hydrogen) atoms. The highest BCUT2D eigenvalue weighted by atomic mass is 16.6. The molecule has 1 rings (SSSR count). The summed E-state index contributed by atoms with van der Waals surface area (Å²) in [5, 5.41) is 0. The van der Waals surface area contributed by atoms with E-state index in [9.17, 15) is 9.59 Å². The molecule has 1 unspecified atom stereocenters. The fourth-order valence-corrected chi connectivity index (χ4v) is 2.04. The molecule has 1 fully saturated rings. The van der Waals surface area contributed by atoms with Gasteiger partial charge in [-0.1, -0.05) is 0 Å². The number of carbonyl (C=O) groups excluding carboxylic acids is 2. The van der Waals surface area contributed by atoms with E-state index in [0.717, 1.165) is 19.4 Å². The van der Waals surface area contributed by atoms with Crippen LogP contribution in [0.4, 0.5) is 4.79 Å². The Bertz CT molecular complexity index is 299. The Morgan fingerprint density at radius 2 is 2.06 bits per heavy atom. The molecule has 1 aliphatic heterocycles. The molecule has 0 radical (unpaired) electrons. The molecule has 0 spiro atoms. The van der Waals surface area contributed by atoms with E-state index in [4.69, 9.17) is 4.74 Å². The molecule has 0 saturated carbocycles. The lowest BCUT2D eigenvalue weighted by atomic mass is 10.2. The Labute approximate surface area is 109 Å². The molecule has 0 aliphatic carbocycles. The van der Waals surface area contributed by atoms with Crippen LogP contribution < -0.4 is 0 Å². The predicted octanol–water partition coefficient (Wildman–Crippen LogP) is 1.52. The van der Waals surface area contributed by atoms with Crippen molar-refractivity contribution in [3.63, 3.8) is 0 Å². The first kappa shape index (κ1) is 15.0. The van der Waals surface area contributed by atoms with Gasteiger partial charge in [-0.3, -0.25) is 4.90 Å². The molecule has 0 aromatic carbocycles. The molecular weight excluding hydrogens is 232 g/mol. The molecular formula is C13H24N2O3. The van der Waals surface area contributed by atoms with Gasteiger partial charge >= 0.3 is 6.09 Å². The normalized spacial score (nSPS) is 21.8. The van der Waals surface area contributed by atoms with Crippen LogP contribution in [0.1, 0.15) is 34.1 Å². The third kappa shape index (κ3) is 4.64. The van der Waals surface area contributed by atoms with E-state index in [1.807, 2.05) is 20.8 Å². The van der Waals surface area contributed by atoms with Gasteiger partial charge in [-0.2, -0.15) is 0 Å². The summed E-state index contributed by atoms with van der Waals surface area (Å²) in [4.78, 5) is 26.3. The monoisotopic (exact) mass is 256 g/mol. The molecule has 1 saturated heterocycles. The zero-order valence-corrected chi connectivity index (χ0v) is 11.8. The second-order valence-corrected chi connectivity index (χ2v) is 5.77. The van der Waals surface area contributed by atoms with Gasteiger partial charge in [0.05, 0.1) is 0 Å². The lowest BCUT2D eigenvalue weighted by molar-refractivity contribution is -0.108. The summed E-state index contributed by atoms with van der Waals surface area (Å²) in [6, 6.07) is 0.270. The van der Waals surface area contributed by atoms with Crippen LogP contribution in [0.5, 0.6) is 0 Å². The van der Waals surface area contributed by atoms with Crippen LogP contribution in [0, 0.1) is 0 Å². The van der Waals surface area contributed by atoms with Gasteiger partial charge in [0.25, 0.3) is 0 Å². The Hall–Kier alpha value is -1.10. The maximum Gasteiger partial charge on any atom is 0.410 e. The highest BCUT2D eigenvalue weighted by molar-refractivity contribution is 5.68. The summed E-state index contributed by atoms with van der Waals surface area (Å²) in [6.45, 7) is 10.6. The van der Waals surface area contributed by atoms with Crippen LogP contribution >= 0.6 is 0 Å². The van der Waals surface area contributed by atoms with Gasteiger partial charge in [0.1, 0.15) is 11.9 Å². The lowest BCUT2D eigenvalue weighted by Crippen LogP contribution is -2.54. The van der Waals surface area contributed by atoms with Crippen molar-refractivity contribution in [2.75, 3.05) is 26.2 Å². The van der Waals surface area contributed by atoms with E-state index in [2.05, 4.69) is 11.8 Å². The van der Waals surface area contributed by atoms with Crippen molar-refractivity contribution in [3.8, 4) is 0 Å². The Balaban J connectivity index is 2.45. The van der Waals surface area contributed by atoms with Gasteiger partial charge in [0, 0.05) is 38.6 Å². The van der Waals surface area contributed by atoms with Crippen molar-refractivity contribution < 1.29 is 14.3 Å². The quantitative estimate of drug-likeness (QED) is 0.718. The minimum Gasteiger partial charge on any atom is -0.444 e. The fourth-order valence-electron chi connectivity index (χ4n) is 2.04. The smallest absolute Gasteiger partial charge is 0.410 e. The molecule has 5 nitrogen and oxygen atoms in total. The first-order chi connectivity index (χ1) is 8.33. The first-order valence-corrected chi connectivity index (χ1v) is 6.49. The van der Waals surface area contributed by atoms with Crippen molar-refractivity contribution in [3.05, 3.63) is 0 Å². The molecule has 5 heteroatoms. The molecule has 0 N–H and O–H groups in total. The van der Waals surface area contributed by atoms with E-state index in [0.29, 0.717) is 19.5 Å². The zero-order valence-electron chi connectivity index (χ0n) is 11.8. The minimum atomic E-state index is -0.449. The standard InChI is InChI=1S/C13H24N2O3/c1-11-10-15(12(17)18-13(2,3)4)8-7-14(11)6-5-9-16/h9,11H,5-8,10H2,1-4H3. The summed E-state index contributed by atoms with van der Waals surface area (Å²) in [7, 11) is 0. The summed E-state index contributed by atoms with van der Waals surface area (Å²) < 4.78 is 5.35. The van der Waals surface area contributed by atoms with Crippen molar-refractivity contribution >= 4 is 12.4 Å². The maximum atomic E-state index is 11.9. The number of aldehydes is 1. The molecule has 1 amide bonds. The van der Waals surface area contributed by atoms with Crippen LogP contribution in [0.15, 0.2) is 0 Å². The summed E-state index contributed by atoms with van der Waals surface area (Å²) in [5.41, 5.74) is -0.449. The van der Waals surface area contributed by atoms with Crippen LogP contribution in [0.3, 0.4) is 0 Å². The largest absolute Gasteiger partial charge is 0.444 e. The van der Waals surface area contributed by atoms with Gasteiger partial charge in [0.2, 0.25) is 0 Å². The number of hydrogen-bond acceptors (Lipinski definition) is 4. The molecule has 1 atom stereocenters. The maximum absolute atomic E-state index is 11.9. The van der Waals surface area contributed by atoms with E-state index >= 15 is 0 Å². The van der Waals surface area contributed by atoms with E-state index < -0.39 is 5.60 Å². The molecule has 104 valence electrons. The number of nitrogens with zero attached hydrogens (tertiary/aromatic N) is 2. The lowest BCUT2D eigenvalue weighted by Gasteiger charge is -2.39. The number of piperazine rings is 1. The van der Waals surface area contributed by atoms with Gasteiger partial charge in [-0.25, -0.2) is 4.79 Å². The van der Waals surface area contributed by atoms with Gasteiger partial charge < -0.3 is 14.4 Å².